The number of carbonyl (C=O) groups is 4. The molecule has 2 saturated heterocycles. The molecule has 2 aliphatic rings. The standard InChI is InChI=1S/C20H33N3O4/c1-13(2)9-17-20(27)22-15(12-24)10-16-14(11-21-19(16)26)7-5-3-4-6-8-18(25)23-17/h12-17H,3-11H2,1-2H3,(H,21,26)(H,22,27)(H,23,25)/t14-,15-,16+,17-/m0/s1. The summed E-state index contributed by atoms with van der Waals surface area (Å²) in [6.45, 7) is 4.61. The van der Waals surface area contributed by atoms with Crippen LogP contribution in [0, 0.1) is 17.8 Å². The summed E-state index contributed by atoms with van der Waals surface area (Å²) in [4.78, 5) is 48.6. The molecule has 4 atom stereocenters. The quantitative estimate of drug-likeness (QED) is 0.643. The van der Waals surface area contributed by atoms with E-state index in [-0.39, 0.29) is 35.5 Å². The van der Waals surface area contributed by atoms with E-state index in [1.54, 1.807) is 0 Å². The third-order valence-corrected chi connectivity index (χ3v) is 5.53. The van der Waals surface area contributed by atoms with E-state index in [4.69, 9.17) is 0 Å². The first kappa shape index (κ1) is 21.4. The fourth-order valence-electron chi connectivity index (χ4n) is 4.04. The van der Waals surface area contributed by atoms with Crippen molar-refractivity contribution in [1.82, 2.24) is 16.0 Å². The molecule has 7 nitrogen and oxygen atoms in total. The van der Waals surface area contributed by atoms with Gasteiger partial charge in [-0.3, -0.25) is 14.4 Å². The molecule has 0 saturated carbocycles. The van der Waals surface area contributed by atoms with E-state index in [2.05, 4.69) is 16.0 Å². The van der Waals surface area contributed by atoms with E-state index in [9.17, 15) is 19.2 Å². The number of hydrogen-bond acceptors (Lipinski definition) is 4. The Hall–Kier alpha value is -1.92. The molecule has 2 rings (SSSR count). The Morgan fingerprint density at radius 2 is 1.78 bits per heavy atom. The highest BCUT2D eigenvalue weighted by Crippen LogP contribution is 2.28. The van der Waals surface area contributed by atoms with Crippen molar-refractivity contribution in [3.05, 3.63) is 0 Å². The monoisotopic (exact) mass is 379 g/mol. The van der Waals surface area contributed by atoms with Crippen LogP contribution in [0.4, 0.5) is 0 Å². The lowest BCUT2D eigenvalue weighted by molar-refractivity contribution is -0.131. The summed E-state index contributed by atoms with van der Waals surface area (Å²) in [5.74, 6) is -0.319. The van der Waals surface area contributed by atoms with Gasteiger partial charge in [-0.1, -0.05) is 33.1 Å². The average molecular weight is 380 g/mol. The second-order valence-corrected chi connectivity index (χ2v) is 8.30. The lowest BCUT2D eigenvalue weighted by atomic mass is 9.85. The maximum atomic E-state index is 12.7. The zero-order valence-electron chi connectivity index (χ0n) is 16.5. The summed E-state index contributed by atoms with van der Waals surface area (Å²) < 4.78 is 0. The van der Waals surface area contributed by atoms with Gasteiger partial charge in [0.05, 0.1) is 6.04 Å². The smallest absolute Gasteiger partial charge is 0.243 e. The average Bonchev–Trinajstić information content (AvgIpc) is 2.95. The lowest BCUT2D eigenvalue weighted by Crippen LogP contribution is -2.51. The zero-order chi connectivity index (χ0) is 19.8. The molecule has 0 spiro atoms. The van der Waals surface area contributed by atoms with Gasteiger partial charge in [-0.15, -0.1) is 0 Å². The molecule has 0 bridgehead atoms. The molecule has 2 heterocycles. The lowest BCUT2D eigenvalue weighted by Gasteiger charge is -2.24. The van der Waals surface area contributed by atoms with Crippen molar-refractivity contribution >= 4 is 24.0 Å². The van der Waals surface area contributed by atoms with Crippen LogP contribution < -0.4 is 16.0 Å². The molecular weight excluding hydrogens is 346 g/mol. The minimum Gasteiger partial charge on any atom is -0.356 e. The van der Waals surface area contributed by atoms with Crippen molar-refractivity contribution in [2.45, 2.75) is 77.3 Å². The number of fused-ring (bicyclic) bond motifs is 1. The molecular formula is C20H33N3O4. The highest BCUT2D eigenvalue weighted by molar-refractivity contribution is 5.89. The molecule has 0 radical (unpaired) electrons. The summed E-state index contributed by atoms with van der Waals surface area (Å²) in [6.07, 6.45) is 6.64. The summed E-state index contributed by atoms with van der Waals surface area (Å²) >= 11 is 0. The summed E-state index contributed by atoms with van der Waals surface area (Å²) in [7, 11) is 0. The van der Waals surface area contributed by atoms with Gasteiger partial charge in [0.15, 0.2) is 0 Å². The number of aldehydes is 1. The van der Waals surface area contributed by atoms with Crippen molar-refractivity contribution < 1.29 is 19.2 Å². The fraction of sp³-hybridized carbons (Fsp3) is 0.800. The Labute approximate surface area is 161 Å². The fourth-order valence-corrected chi connectivity index (χ4v) is 4.04. The van der Waals surface area contributed by atoms with Gasteiger partial charge in [-0.25, -0.2) is 0 Å². The number of rotatable bonds is 3. The maximum Gasteiger partial charge on any atom is 0.243 e. The molecule has 152 valence electrons. The highest BCUT2D eigenvalue weighted by Gasteiger charge is 2.36. The minimum atomic E-state index is -0.717. The summed E-state index contributed by atoms with van der Waals surface area (Å²) in [5.41, 5.74) is 0. The van der Waals surface area contributed by atoms with E-state index in [1.165, 1.54) is 0 Å². The van der Waals surface area contributed by atoms with Crippen molar-refractivity contribution in [2.24, 2.45) is 17.8 Å². The van der Waals surface area contributed by atoms with Crippen LogP contribution in [-0.2, 0) is 19.2 Å². The third-order valence-electron chi connectivity index (χ3n) is 5.53. The van der Waals surface area contributed by atoms with Crippen LogP contribution in [0.25, 0.3) is 0 Å². The number of nitrogens with one attached hydrogen (secondary N) is 3. The molecule has 7 heteroatoms. The minimum absolute atomic E-state index is 0.0301. The Kier molecular flexibility index (Phi) is 8.25. The SMILES string of the molecule is CC(C)C[C@@H]1NC(=O)CCCCCC[C@H]2CNC(=O)[C@@H]2C[C@@H](C=O)NC1=O. The predicted octanol–water partition coefficient (Wildman–Crippen LogP) is 1.31. The van der Waals surface area contributed by atoms with Gasteiger partial charge in [-0.05, 0) is 37.5 Å². The van der Waals surface area contributed by atoms with Crippen molar-refractivity contribution in [3.63, 3.8) is 0 Å². The summed E-state index contributed by atoms with van der Waals surface area (Å²) in [5, 5.41) is 8.46. The molecule has 0 aromatic rings. The van der Waals surface area contributed by atoms with Gasteiger partial charge >= 0.3 is 0 Å². The predicted molar refractivity (Wildman–Crippen MR) is 102 cm³/mol. The molecule has 0 aliphatic carbocycles. The van der Waals surface area contributed by atoms with Crippen LogP contribution in [-0.4, -0.2) is 42.6 Å². The second kappa shape index (κ2) is 10.4. The molecule has 3 amide bonds. The van der Waals surface area contributed by atoms with Crippen molar-refractivity contribution in [2.75, 3.05) is 6.54 Å². The first-order chi connectivity index (χ1) is 12.9. The topological polar surface area (TPSA) is 104 Å². The zero-order valence-corrected chi connectivity index (χ0v) is 16.5. The maximum absolute atomic E-state index is 12.7. The van der Waals surface area contributed by atoms with Gasteiger partial charge in [0.2, 0.25) is 17.7 Å². The summed E-state index contributed by atoms with van der Waals surface area (Å²) in [6, 6.07) is -1.37. The van der Waals surface area contributed by atoms with E-state index in [0.717, 1.165) is 32.1 Å². The molecule has 2 fully saturated rings. The Morgan fingerprint density at radius 1 is 1.04 bits per heavy atom. The van der Waals surface area contributed by atoms with Gasteiger partial charge in [0, 0.05) is 18.9 Å². The van der Waals surface area contributed by atoms with Crippen LogP contribution in [0.1, 0.15) is 65.2 Å². The van der Waals surface area contributed by atoms with Crippen molar-refractivity contribution in [3.8, 4) is 0 Å². The van der Waals surface area contributed by atoms with Crippen LogP contribution in [0.3, 0.4) is 0 Å². The van der Waals surface area contributed by atoms with Gasteiger partial charge in [0.1, 0.15) is 12.3 Å². The molecule has 2 aliphatic heterocycles. The Balaban J connectivity index is 2.13. The molecule has 0 aromatic carbocycles. The number of carbonyl (C=O) groups excluding carboxylic acids is 4. The third kappa shape index (κ3) is 6.63. The van der Waals surface area contributed by atoms with Crippen LogP contribution in [0.15, 0.2) is 0 Å². The van der Waals surface area contributed by atoms with E-state index in [1.807, 2.05) is 13.8 Å². The largest absolute Gasteiger partial charge is 0.356 e. The van der Waals surface area contributed by atoms with Gasteiger partial charge in [0.25, 0.3) is 0 Å². The highest BCUT2D eigenvalue weighted by atomic mass is 16.2. The first-order valence-electron chi connectivity index (χ1n) is 10.2. The van der Waals surface area contributed by atoms with E-state index >= 15 is 0 Å². The normalized spacial score (nSPS) is 31.1. The number of amides is 3. The molecule has 0 aromatic heterocycles. The second-order valence-electron chi connectivity index (χ2n) is 8.30. The van der Waals surface area contributed by atoms with E-state index in [0.29, 0.717) is 32.1 Å². The van der Waals surface area contributed by atoms with Crippen LogP contribution in [0.2, 0.25) is 0 Å². The molecule has 0 unspecified atom stereocenters. The number of hydrogen-bond donors (Lipinski definition) is 3. The Bertz CT molecular complexity index is 549. The van der Waals surface area contributed by atoms with Crippen LogP contribution in [0.5, 0.6) is 0 Å². The van der Waals surface area contributed by atoms with E-state index < -0.39 is 12.1 Å². The molecule has 27 heavy (non-hydrogen) atoms. The van der Waals surface area contributed by atoms with Crippen LogP contribution >= 0.6 is 0 Å². The Morgan fingerprint density at radius 3 is 2.48 bits per heavy atom. The van der Waals surface area contributed by atoms with Gasteiger partial charge in [-0.2, -0.15) is 0 Å². The molecule has 3 N–H and O–H groups in total. The van der Waals surface area contributed by atoms with Crippen molar-refractivity contribution in [1.29, 1.82) is 0 Å². The van der Waals surface area contributed by atoms with Gasteiger partial charge < -0.3 is 20.7 Å². The first-order valence-corrected chi connectivity index (χ1v) is 10.2.